The number of benzene rings is 3. The van der Waals surface area contributed by atoms with Gasteiger partial charge in [-0.25, -0.2) is 0 Å². The van der Waals surface area contributed by atoms with Gasteiger partial charge in [0.2, 0.25) is 0 Å². The van der Waals surface area contributed by atoms with Gasteiger partial charge in [0.25, 0.3) is 0 Å². The number of Topliss-reactive ketones (excluding diaryl/α,β-unsaturated/α-hetero) is 1. The van der Waals surface area contributed by atoms with Gasteiger partial charge >= 0.3 is 5.97 Å². The highest BCUT2D eigenvalue weighted by molar-refractivity contribution is 6.12. The number of allylic oxidation sites excluding steroid dienone is 1. The zero-order valence-corrected chi connectivity index (χ0v) is 20.7. The fraction of sp³-hybridized carbons (Fsp3) is 0.333. The smallest absolute Gasteiger partial charge is 0.311 e. The summed E-state index contributed by atoms with van der Waals surface area (Å²) in [7, 11) is 1.56. The molecule has 180 valence electrons. The first-order valence-corrected chi connectivity index (χ1v) is 12.2. The number of ketones is 1. The van der Waals surface area contributed by atoms with Crippen molar-refractivity contribution in [3.63, 3.8) is 0 Å². The van der Waals surface area contributed by atoms with Crippen molar-refractivity contribution in [2.45, 2.75) is 52.5 Å². The number of fused-ring (bicyclic) bond motifs is 4. The van der Waals surface area contributed by atoms with Crippen LogP contribution in [0.5, 0.6) is 11.5 Å². The second-order valence-electron chi connectivity index (χ2n) is 10.3. The van der Waals surface area contributed by atoms with Gasteiger partial charge < -0.3 is 14.8 Å². The van der Waals surface area contributed by atoms with Crippen LogP contribution in [-0.2, 0) is 9.59 Å². The molecular formula is C30H31NO4. The fourth-order valence-corrected chi connectivity index (χ4v) is 5.41. The number of rotatable bonds is 5. The molecule has 1 N–H and O–H groups in total. The van der Waals surface area contributed by atoms with Gasteiger partial charge in [-0.2, -0.15) is 0 Å². The third kappa shape index (κ3) is 4.20. The van der Waals surface area contributed by atoms with E-state index < -0.39 is 0 Å². The van der Waals surface area contributed by atoms with Gasteiger partial charge in [-0.3, -0.25) is 9.59 Å². The largest absolute Gasteiger partial charge is 0.493 e. The van der Waals surface area contributed by atoms with E-state index in [0.717, 1.165) is 45.2 Å². The van der Waals surface area contributed by atoms with Crippen LogP contribution in [0.3, 0.4) is 0 Å². The summed E-state index contributed by atoms with van der Waals surface area (Å²) in [6, 6.07) is 17.8. The van der Waals surface area contributed by atoms with Crippen LogP contribution in [-0.4, -0.2) is 18.9 Å². The molecule has 5 rings (SSSR count). The SMILES string of the molecule is CCCC(=O)Oc1ccc(C2Nc3ccc4ccccc4c3C3=C2C(=O)CC(C)(C)C3)cc1OC. The highest BCUT2D eigenvalue weighted by atomic mass is 16.6. The monoisotopic (exact) mass is 469 g/mol. The number of nitrogens with one attached hydrogen (secondary N) is 1. The summed E-state index contributed by atoms with van der Waals surface area (Å²) < 4.78 is 11.1. The maximum atomic E-state index is 13.6. The van der Waals surface area contributed by atoms with E-state index in [9.17, 15) is 9.59 Å². The van der Waals surface area contributed by atoms with E-state index in [0.29, 0.717) is 30.8 Å². The summed E-state index contributed by atoms with van der Waals surface area (Å²) >= 11 is 0. The quantitative estimate of drug-likeness (QED) is 0.326. The lowest BCUT2D eigenvalue weighted by molar-refractivity contribution is -0.134. The van der Waals surface area contributed by atoms with Crippen molar-refractivity contribution in [3.05, 3.63) is 71.3 Å². The Bertz CT molecular complexity index is 1370. The lowest BCUT2D eigenvalue weighted by Gasteiger charge is -2.40. The van der Waals surface area contributed by atoms with Crippen molar-refractivity contribution in [2.24, 2.45) is 5.41 Å². The van der Waals surface area contributed by atoms with Crippen molar-refractivity contribution in [1.82, 2.24) is 0 Å². The molecule has 0 aromatic heterocycles. The molecule has 5 heteroatoms. The first-order chi connectivity index (χ1) is 16.8. The molecule has 1 heterocycles. The van der Waals surface area contributed by atoms with E-state index in [1.54, 1.807) is 13.2 Å². The molecule has 0 bridgehead atoms. The number of carbonyl (C=O) groups excluding carboxylic acids is 2. The predicted octanol–water partition coefficient (Wildman–Crippen LogP) is 6.86. The summed E-state index contributed by atoms with van der Waals surface area (Å²) in [4.78, 5) is 25.7. The Morgan fingerprint density at radius 1 is 1.06 bits per heavy atom. The second-order valence-corrected chi connectivity index (χ2v) is 10.3. The second kappa shape index (κ2) is 8.88. The minimum absolute atomic E-state index is 0.110. The van der Waals surface area contributed by atoms with Gasteiger partial charge in [0.15, 0.2) is 17.3 Å². The molecule has 3 aromatic rings. The van der Waals surface area contributed by atoms with Gasteiger partial charge in [-0.1, -0.05) is 57.2 Å². The van der Waals surface area contributed by atoms with Crippen molar-refractivity contribution in [3.8, 4) is 11.5 Å². The first kappa shape index (κ1) is 23.2. The van der Waals surface area contributed by atoms with E-state index >= 15 is 0 Å². The summed E-state index contributed by atoms with van der Waals surface area (Å²) in [6.07, 6.45) is 2.40. The molecule has 35 heavy (non-hydrogen) atoms. The summed E-state index contributed by atoms with van der Waals surface area (Å²) in [5, 5.41) is 5.97. The van der Waals surface area contributed by atoms with Gasteiger partial charge in [0.05, 0.1) is 13.2 Å². The van der Waals surface area contributed by atoms with Crippen LogP contribution >= 0.6 is 0 Å². The van der Waals surface area contributed by atoms with Crippen molar-refractivity contribution in [1.29, 1.82) is 0 Å². The van der Waals surface area contributed by atoms with Crippen LogP contribution in [0.1, 0.15) is 63.6 Å². The Kier molecular flexibility index (Phi) is 5.87. The van der Waals surface area contributed by atoms with Crippen LogP contribution in [0.15, 0.2) is 60.2 Å². The molecule has 1 aliphatic carbocycles. The number of anilines is 1. The molecule has 1 unspecified atom stereocenters. The molecule has 1 aliphatic heterocycles. The first-order valence-electron chi connectivity index (χ1n) is 12.2. The third-order valence-corrected chi connectivity index (χ3v) is 6.94. The fourth-order valence-electron chi connectivity index (χ4n) is 5.41. The maximum Gasteiger partial charge on any atom is 0.311 e. The standard InChI is InChI=1S/C30H31NO4/c1-5-8-26(33)35-24-14-12-19(15-25(24)34-4)29-28-21(16-30(2,3)17-23(28)32)27-20-10-7-6-9-18(20)11-13-22(27)31-29/h6-7,9-15,29,31H,5,8,16-17H2,1-4H3. The highest BCUT2D eigenvalue weighted by Gasteiger charge is 2.41. The zero-order valence-electron chi connectivity index (χ0n) is 20.7. The minimum Gasteiger partial charge on any atom is -0.493 e. The van der Waals surface area contributed by atoms with Gasteiger partial charge in [-0.15, -0.1) is 0 Å². The molecule has 0 fully saturated rings. The predicted molar refractivity (Wildman–Crippen MR) is 139 cm³/mol. The molecule has 0 saturated carbocycles. The molecule has 0 radical (unpaired) electrons. The van der Waals surface area contributed by atoms with Gasteiger partial charge in [0, 0.05) is 29.7 Å². The average molecular weight is 470 g/mol. The topological polar surface area (TPSA) is 64.6 Å². The van der Waals surface area contributed by atoms with Gasteiger partial charge in [-0.05, 0) is 58.4 Å². The summed E-state index contributed by atoms with van der Waals surface area (Å²) in [5.41, 5.74) is 4.89. The molecule has 5 nitrogen and oxygen atoms in total. The van der Waals surface area contributed by atoms with E-state index in [4.69, 9.17) is 9.47 Å². The van der Waals surface area contributed by atoms with Crippen LogP contribution in [0.4, 0.5) is 5.69 Å². The van der Waals surface area contributed by atoms with E-state index in [2.05, 4.69) is 43.4 Å². The Hall–Kier alpha value is -3.60. The Balaban J connectivity index is 1.65. The van der Waals surface area contributed by atoms with Crippen LogP contribution in [0.25, 0.3) is 16.3 Å². The van der Waals surface area contributed by atoms with Crippen molar-refractivity contribution < 1.29 is 19.1 Å². The molecule has 0 spiro atoms. The van der Waals surface area contributed by atoms with E-state index in [-0.39, 0.29) is 23.2 Å². The van der Waals surface area contributed by atoms with E-state index in [1.165, 1.54) is 0 Å². The third-order valence-electron chi connectivity index (χ3n) is 6.94. The molecule has 0 saturated heterocycles. The summed E-state index contributed by atoms with van der Waals surface area (Å²) in [6.45, 7) is 6.27. The zero-order chi connectivity index (χ0) is 24.7. The number of carbonyl (C=O) groups is 2. The Morgan fingerprint density at radius 2 is 1.86 bits per heavy atom. The lowest BCUT2D eigenvalue weighted by atomic mass is 9.68. The average Bonchev–Trinajstić information content (AvgIpc) is 2.82. The number of hydrogen-bond acceptors (Lipinski definition) is 5. The minimum atomic E-state index is -0.309. The number of ether oxygens (including phenoxy) is 2. The Labute approximate surface area is 206 Å². The number of esters is 1. The van der Waals surface area contributed by atoms with Crippen molar-refractivity contribution >= 4 is 33.8 Å². The lowest BCUT2D eigenvalue weighted by Crippen LogP contribution is -2.33. The maximum absolute atomic E-state index is 13.6. The van der Waals surface area contributed by atoms with Gasteiger partial charge in [0.1, 0.15) is 0 Å². The Morgan fingerprint density at radius 3 is 2.63 bits per heavy atom. The van der Waals surface area contributed by atoms with Crippen LogP contribution in [0.2, 0.25) is 0 Å². The van der Waals surface area contributed by atoms with Crippen molar-refractivity contribution in [2.75, 3.05) is 12.4 Å². The normalized spacial score (nSPS) is 18.5. The van der Waals surface area contributed by atoms with E-state index in [1.807, 2.05) is 31.2 Å². The number of methoxy groups -OCH3 is 1. The van der Waals surface area contributed by atoms with Crippen LogP contribution < -0.4 is 14.8 Å². The molecule has 1 atom stereocenters. The number of hydrogen-bond donors (Lipinski definition) is 1. The summed E-state index contributed by atoms with van der Waals surface area (Å²) in [5.74, 6) is 0.751. The molecule has 0 amide bonds. The molecular weight excluding hydrogens is 438 g/mol. The molecule has 2 aliphatic rings. The molecule has 3 aromatic carbocycles. The van der Waals surface area contributed by atoms with Crippen LogP contribution in [0, 0.1) is 5.41 Å². The highest BCUT2D eigenvalue weighted by Crippen LogP contribution is 2.52.